The van der Waals surface area contributed by atoms with Crippen LogP contribution in [0.1, 0.15) is 25.0 Å². The minimum Gasteiger partial charge on any atom is -0.454 e. The van der Waals surface area contributed by atoms with Crippen molar-refractivity contribution in [2.24, 2.45) is 22.5 Å². The van der Waals surface area contributed by atoms with Gasteiger partial charge in [0.1, 0.15) is 0 Å². The second-order valence-electron chi connectivity index (χ2n) is 6.48. The van der Waals surface area contributed by atoms with Gasteiger partial charge in [-0.2, -0.15) is 5.10 Å². The number of hydrogen-bond donors (Lipinski definition) is 3. The van der Waals surface area contributed by atoms with E-state index in [4.69, 9.17) is 36.3 Å². The molecule has 1 heterocycles. The number of rotatable bonds is 5. The number of hydrazone groups is 1. The highest BCUT2D eigenvalue weighted by Gasteiger charge is 2.17. The van der Waals surface area contributed by atoms with Crippen molar-refractivity contribution in [3.05, 3.63) is 75.0 Å². The van der Waals surface area contributed by atoms with Crippen LogP contribution in [0.4, 0.5) is 0 Å². The summed E-state index contributed by atoms with van der Waals surface area (Å²) in [6.45, 7) is 4.40. The SMILES string of the molecule is CC(C)C(=N\[NH+]=C(N)N)/C(=C\c1ccc2c(c1)OCO2)c1ccccc1.O=[N+]([O-])[O-]. The quantitative estimate of drug-likeness (QED) is 0.217. The van der Waals surface area contributed by atoms with Gasteiger partial charge in [0.25, 0.3) is 0 Å². The normalized spacial score (nSPS) is 12.8. The first-order chi connectivity index (χ1) is 14.3. The number of hydrogen-bond acceptors (Lipinski definition) is 6. The predicted molar refractivity (Wildman–Crippen MR) is 114 cm³/mol. The van der Waals surface area contributed by atoms with Gasteiger partial charge in [0, 0.05) is 5.57 Å². The lowest BCUT2D eigenvalue weighted by molar-refractivity contribution is -0.464. The van der Waals surface area contributed by atoms with Crippen molar-refractivity contribution in [1.29, 1.82) is 0 Å². The Labute approximate surface area is 173 Å². The van der Waals surface area contributed by atoms with Crippen molar-refractivity contribution < 1.29 is 19.7 Å². The molecule has 0 fully saturated rings. The molecular weight excluding hydrogens is 390 g/mol. The van der Waals surface area contributed by atoms with Gasteiger partial charge in [0.05, 0.1) is 10.8 Å². The second-order valence-corrected chi connectivity index (χ2v) is 6.48. The molecular formula is C20H23N5O5. The standard InChI is InChI=1S/C20H22N4O2.NO3/c1-13(2)19(23-24-20(21)22)16(15-6-4-3-5-7-15)10-14-8-9-17-18(11-14)26-12-25-17;2-1(3)4/h3-11,13H,12H2,1-2H3,(H4,21,22,24);/q;-1/p+1/b16-10-,23-19+;. The number of fused-ring (bicyclic) bond motifs is 1. The van der Waals surface area contributed by atoms with E-state index in [-0.39, 0.29) is 18.7 Å². The largest absolute Gasteiger partial charge is 0.454 e. The number of guanidine groups is 1. The van der Waals surface area contributed by atoms with E-state index >= 15 is 0 Å². The van der Waals surface area contributed by atoms with Gasteiger partial charge in [-0.05, 0) is 35.3 Å². The average Bonchev–Trinajstić information content (AvgIpc) is 3.15. The molecule has 0 bridgehead atoms. The van der Waals surface area contributed by atoms with Gasteiger partial charge < -0.3 is 24.8 Å². The average molecular weight is 413 g/mol. The summed E-state index contributed by atoms with van der Waals surface area (Å²) in [6, 6.07) is 15.9. The summed E-state index contributed by atoms with van der Waals surface area (Å²) in [4.78, 5) is 8.25. The Balaban J connectivity index is 0.000000735. The van der Waals surface area contributed by atoms with Crippen LogP contribution in [-0.4, -0.2) is 23.6 Å². The zero-order chi connectivity index (χ0) is 22.1. The fraction of sp³-hybridized carbons (Fsp3) is 0.200. The summed E-state index contributed by atoms with van der Waals surface area (Å²) >= 11 is 0. The highest BCUT2D eigenvalue weighted by molar-refractivity contribution is 6.28. The van der Waals surface area contributed by atoms with Crippen molar-refractivity contribution in [3.8, 4) is 11.5 Å². The molecule has 1 aliphatic rings. The molecule has 30 heavy (non-hydrogen) atoms. The maximum Gasteiger partial charge on any atom is 0.362 e. The third-order valence-corrected chi connectivity index (χ3v) is 3.92. The molecule has 0 saturated heterocycles. The molecule has 0 amide bonds. The topological polar surface area (TPSA) is 163 Å². The third-order valence-electron chi connectivity index (χ3n) is 3.92. The number of allylic oxidation sites excluding steroid dienone is 1. The van der Waals surface area contributed by atoms with Gasteiger partial charge in [-0.3, -0.25) is 11.5 Å². The Hall–Kier alpha value is -4.08. The molecule has 0 unspecified atom stereocenters. The minimum atomic E-state index is -1.75. The van der Waals surface area contributed by atoms with E-state index in [0.717, 1.165) is 33.9 Å². The van der Waals surface area contributed by atoms with Gasteiger partial charge in [-0.1, -0.05) is 50.2 Å². The second kappa shape index (κ2) is 10.5. The molecule has 3 rings (SSSR count). The predicted octanol–water partition coefficient (Wildman–Crippen LogP) is 1.08. The van der Waals surface area contributed by atoms with E-state index in [1.54, 1.807) is 0 Å². The number of nitrogens with two attached hydrogens (primary N) is 2. The summed E-state index contributed by atoms with van der Waals surface area (Å²) in [5.74, 6) is 1.71. The molecule has 10 heteroatoms. The first-order valence-corrected chi connectivity index (χ1v) is 8.98. The maximum absolute atomic E-state index is 8.25. The molecule has 0 aromatic heterocycles. The molecule has 0 radical (unpaired) electrons. The van der Waals surface area contributed by atoms with Crippen LogP contribution < -0.4 is 26.0 Å². The molecule has 2 aromatic rings. The van der Waals surface area contributed by atoms with Crippen LogP contribution in [-0.2, 0) is 0 Å². The summed E-state index contributed by atoms with van der Waals surface area (Å²) in [7, 11) is 0. The van der Waals surface area contributed by atoms with Gasteiger partial charge in [0.2, 0.25) is 6.79 Å². The molecule has 1 aliphatic heterocycles. The molecule has 0 spiro atoms. The molecule has 10 nitrogen and oxygen atoms in total. The summed E-state index contributed by atoms with van der Waals surface area (Å²) in [6.07, 6.45) is 2.07. The first kappa shape index (κ1) is 22.2. The molecule has 0 atom stereocenters. The van der Waals surface area contributed by atoms with Crippen molar-refractivity contribution in [1.82, 2.24) is 0 Å². The number of ether oxygens (including phenoxy) is 2. The van der Waals surface area contributed by atoms with Crippen LogP contribution in [0.15, 0.2) is 53.6 Å². The van der Waals surface area contributed by atoms with Crippen LogP contribution in [0.2, 0.25) is 0 Å². The van der Waals surface area contributed by atoms with Crippen LogP contribution >= 0.6 is 0 Å². The number of nitrogens with one attached hydrogen (secondary N) is 1. The Kier molecular flexibility index (Phi) is 7.74. The first-order valence-electron chi connectivity index (χ1n) is 8.98. The fourth-order valence-corrected chi connectivity index (χ4v) is 2.72. The van der Waals surface area contributed by atoms with Crippen LogP contribution in [0, 0.1) is 21.2 Å². The van der Waals surface area contributed by atoms with E-state index < -0.39 is 5.09 Å². The van der Waals surface area contributed by atoms with Crippen molar-refractivity contribution in [2.45, 2.75) is 13.8 Å². The monoisotopic (exact) mass is 413 g/mol. The molecule has 158 valence electrons. The Morgan fingerprint density at radius 3 is 2.37 bits per heavy atom. The molecule has 0 saturated carbocycles. The Morgan fingerprint density at radius 1 is 1.13 bits per heavy atom. The van der Waals surface area contributed by atoms with E-state index in [1.807, 2.05) is 48.5 Å². The zero-order valence-electron chi connectivity index (χ0n) is 16.6. The minimum absolute atomic E-state index is 0.0543. The third kappa shape index (κ3) is 6.51. The summed E-state index contributed by atoms with van der Waals surface area (Å²) < 4.78 is 10.9. The van der Waals surface area contributed by atoms with Crippen LogP contribution in [0.5, 0.6) is 11.5 Å². The van der Waals surface area contributed by atoms with E-state index in [2.05, 4.69) is 30.1 Å². The van der Waals surface area contributed by atoms with Crippen LogP contribution in [0.3, 0.4) is 0 Å². The molecule has 2 aromatic carbocycles. The van der Waals surface area contributed by atoms with Crippen LogP contribution in [0.25, 0.3) is 11.6 Å². The van der Waals surface area contributed by atoms with Gasteiger partial charge in [-0.25, -0.2) is 0 Å². The van der Waals surface area contributed by atoms with Crippen molar-refractivity contribution in [2.75, 3.05) is 6.79 Å². The highest BCUT2D eigenvalue weighted by Crippen LogP contribution is 2.34. The van der Waals surface area contributed by atoms with E-state index in [0.29, 0.717) is 0 Å². The van der Waals surface area contributed by atoms with E-state index in [9.17, 15) is 0 Å². The lowest BCUT2D eigenvalue weighted by Gasteiger charge is -2.14. The number of nitrogens with zero attached hydrogens (tertiary/aromatic N) is 2. The lowest BCUT2D eigenvalue weighted by atomic mass is 9.92. The number of benzene rings is 2. The van der Waals surface area contributed by atoms with Gasteiger partial charge >= 0.3 is 5.96 Å². The zero-order valence-corrected chi connectivity index (χ0v) is 16.6. The molecule has 5 N–H and O–H groups in total. The molecule has 0 aliphatic carbocycles. The van der Waals surface area contributed by atoms with E-state index in [1.165, 1.54) is 0 Å². The highest BCUT2D eigenvalue weighted by atomic mass is 16.9. The summed E-state index contributed by atoms with van der Waals surface area (Å²) in [5, 5.41) is 21.9. The van der Waals surface area contributed by atoms with Gasteiger partial charge in [-0.15, -0.1) is 5.10 Å². The maximum atomic E-state index is 8.25. The Morgan fingerprint density at radius 2 is 1.77 bits per heavy atom. The Bertz CT molecular complexity index is 963. The summed E-state index contributed by atoms with van der Waals surface area (Å²) in [5.41, 5.74) is 14.9. The van der Waals surface area contributed by atoms with Gasteiger partial charge in [0.15, 0.2) is 11.5 Å². The smallest absolute Gasteiger partial charge is 0.362 e. The fourth-order valence-electron chi connectivity index (χ4n) is 2.72. The van der Waals surface area contributed by atoms with Crippen molar-refractivity contribution in [3.63, 3.8) is 0 Å². The van der Waals surface area contributed by atoms with Crippen molar-refractivity contribution >= 4 is 23.3 Å². The lowest BCUT2D eigenvalue weighted by Crippen LogP contribution is -2.73.